The number of ether oxygens (including phenoxy) is 3. The largest absolute Gasteiger partial charge is 0.493 e. The van der Waals surface area contributed by atoms with E-state index in [0.717, 1.165) is 16.7 Å². The maximum atomic E-state index is 12.4. The van der Waals surface area contributed by atoms with Gasteiger partial charge in [0.05, 0.1) is 12.1 Å². The molecule has 34 heavy (non-hydrogen) atoms. The Bertz CT molecular complexity index is 1280. The molecule has 1 aliphatic heterocycles. The summed E-state index contributed by atoms with van der Waals surface area (Å²) < 4.78 is 16.9. The van der Waals surface area contributed by atoms with Gasteiger partial charge in [-0.15, -0.1) is 0 Å². The second-order valence-corrected chi connectivity index (χ2v) is 8.77. The van der Waals surface area contributed by atoms with Crippen molar-refractivity contribution in [2.75, 3.05) is 7.11 Å². The first-order chi connectivity index (χ1) is 16.4. The number of cyclic esters (lactones) is 1. The molecule has 0 spiro atoms. The minimum atomic E-state index is -0.516. The fourth-order valence-corrected chi connectivity index (χ4v) is 3.86. The van der Waals surface area contributed by atoms with E-state index in [1.807, 2.05) is 55.5 Å². The van der Waals surface area contributed by atoms with E-state index in [9.17, 15) is 4.79 Å². The van der Waals surface area contributed by atoms with Crippen LogP contribution in [0.15, 0.2) is 71.4 Å². The van der Waals surface area contributed by atoms with Gasteiger partial charge in [0.2, 0.25) is 5.90 Å². The number of hydrogen-bond acceptors (Lipinski definition) is 5. The SMILES string of the molecule is COc1cc(/C=C2\N=C(c3ccc(C(C)C)cc3)OC2=O)cc(Cl)c1OCc1ccccc1C. The molecule has 4 rings (SSSR count). The Morgan fingerprint density at radius 2 is 1.82 bits per heavy atom. The highest BCUT2D eigenvalue weighted by Gasteiger charge is 2.24. The average Bonchev–Trinajstić information content (AvgIpc) is 3.19. The first kappa shape index (κ1) is 23.6. The third-order valence-electron chi connectivity index (χ3n) is 5.63. The first-order valence-electron chi connectivity index (χ1n) is 11.0. The van der Waals surface area contributed by atoms with E-state index in [4.69, 9.17) is 25.8 Å². The molecule has 5 nitrogen and oxygen atoms in total. The molecule has 3 aromatic rings. The van der Waals surface area contributed by atoms with Gasteiger partial charge in [-0.1, -0.05) is 61.8 Å². The number of hydrogen-bond donors (Lipinski definition) is 0. The van der Waals surface area contributed by atoms with Crippen LogP contribution in [0.25, 0.3) is 6.08 Å². The van der Waals surface area contributed by atoms with Crippen molar-refractivity contribution >= 4 is 29.5 Å². The summed E-state index contributed by atoms with van der Waals surface area (Å²) in [6.45, 7) is 6.64. The van der Waals surface area contributed by atoms with Crippen LogP contribution in [-0.2, 0) is 16.1 Å². The van der Waals surface area contributed by atoms with Gasteiger partial charge in [0.15, 0.2) is 17.2 Å². The number of methoxy groups -OCH3 is 1. The van der Waals surface area contributed by atoms with Crippen molar-refractivity contribution in [3.05, 3.63) is 99.2 Å². The van der Waals surface area contributed by atoms with Crippen molar-refractivity contribution in [3.63, 3.8) is 0 Å². The minimum absolute atomic E-state index is 0.189. The lowest BCUT2D eigenvalue weighted by atomic mass is 10.0. The quantitative estimate of drug-likeness (QED) is 0.281. The number of nitrogens with zero attached hydrogens (tertiary/aromatic N) is 1. The van der Waals surface area contributed by atoms with Crippen molar-refractivity contribution in [3.8, 4) is 11.5 Å². The highest BCUT2D eigenvalue weighted by Crippen LogP contribution is 2.38. The number of aryl methyl sites for hydroxylation is 1. The summed E-state index contributed by atoms with van der Waals surface area (Å²) in [5, 5.41) is 0.375. The van der Waals surface area contributed by atoms with Gasteiger partial charge in [0.25, 0.3) is 0 Å². The van der Waals surface area contributed by atoms with Crippen LogP contribution < -0.4 is 9.47 Å². The monoisotopic (exact) mass is 475 g/mol. The highest BCUT2D eigenvalue weighted by atomic mass is 35.5. The third kappa shape index (κ3) is 5.15. The zero-order valence-corrected chi connectivity index (χ0v) is 20.3. The molecule has 0 saturated carbocycles. The van der Waals surface area contributed by atoms with Gasteiger partial charge >= 0.3 is 5.97 Å². The lowest BCUT2D eigenvalue weighted by Gasteiger charge is -2.14. The van der Waals surface area contributed by atoms with Crippen molar-refractivity contribution in [1.82, 2.24) is 0 Å². The smallest absolute Gasteiger partial charge is 0.363 e. The van der Waals surface area contributed by atoms with E-state index in [1.165, 1.54) is 5.56 Å². The van der Waals surface area contributed by atoms with Crippen LogP contribution in [-0.4, -0.2) is 19.0 Å². The van der Waals surface area contributed by atoms with Crippen molar-refractivity contribution in [2.24, 2.45) is 4.99 Å². The van der Waals surface area contributed by atoms with E-state index >= 15 is 0 Å². The molecular formula is C28H26ClNO4. The maximum Gasteiger partial charge on any atom is 0.363 e. The van der Waals surface area contributed by atoms with Crippen molar-refractivity contribution in [2.45, 2.75) is 33.3 Å². The molecule has 0 bridgehead atoms. The zero-order valence-electron chi connectivity index (χ0n) is 19.6. The molecule has 174 valence electrons. The average molecular weight is 476 g/mol. The van der Waals surface area contributed by atoms with Crippen molar-refractivity contribution < 1.29 is 19.0 Å². The fourth-order valence-electron chi connectivity index (χ4n) is 3.59. The van der Waals surface area contributed by atoms with Crippen LogP contribution in [0.2, 0.25) is 5.02 Å². The maximum absolute atomic E-state index is 12.4. The molecule has 0 N–H and O–H groups in total. The lowest BCUT2D eigenvalue weighted by molar-refractivity contribution is -0.129. The Morgan fingerprint density at radius 3 is 2.50 bits per heavy atom. The van der Waals surface area contributed by atoms with Gasteiger partial charge in [-0.05, 0) is 65.4 Å². The van der Waals surface area contributed by atoms with Gasteiger partial charge < -0.3 is 14.2 Å². The van der Waals surface area contributed by atoms with E-state index in [1.54, 1.807) is 25.3 Å². The van der Waals surface area contributed by atoms with E-state index in [-0.39, 0.29) is 11.6 Å². The molecule has 6 heteroatoms. The molecule has 0 aromatic heterocycles. The van der Waals surface area contributed by atoms with Crippen LogP contribution in [0.1, 0.15) is 47.6 Å². The van der Waals surface area contributed by atoms with Crippen LogP contribution in [0.4, 0.5) is 0 Å². The summed E-state index contributed by atoms with van der Waals surface area (Å²) in [6.07, 6.45) is 1.62. The van der Waals surface area contributed by atoms with E-state index in [0.29, 0.717) is 34.6 Å². The topological polar surface area (TPSA) is 57.1 Å². The minimum Gasteiger partial charge on any atom is -0.493 e. The fraction of sp³-hybridized carbons (Fsp3) is 0.214. The van der Waals surface area contributed by atoms with Gasteiger partial charge in [-0.3, -0.25) is 0 Å². The zero-order chi connectivity index (χ0) is 24.2. The summed E-state index contributed by atoms with van der Waals surface area (Å²) in [6, 6.07) is 19.3. The van der Waals surface area contributed by atoms with Gasteiger partial charge in [0.1, 0.15) is 6.61 Å². The summed E-state index contributed by atoms with van der Waals surface area (Å²) in [4.78, 5) is 16.8. The second kappa shape index (κ2) is 10.1. The molecule has 0 amide bonds. The van der Waals surface area contributed by atoms with Crippen LogP contribution in [0.5, 0.6) is 11.5 Å². The molecule has 0 atom stereocenters. The number of carbonyl (C=O) groups excluding carboxylic acids is 1. The molecular weight excluding hydrogens is 450 g/mol. The van der Waals surface area contributed by atoms with Gasteiger partial charge in [-0.25, -0.2) is 9.79 Å². The van der Waals surface area contributed by atoms with E-state index in [2.05, 4.69) is 18.8 Å². The van der Waals surface area contributed by atoms with Gasteiger partial charge in [-0.2, -0.15) is 0 Å². The molecule has 0 aliphatic carbocycles. The van der Waals surface area contributed by atoms with Crippen LogP contribution in [0, 0.1) is 6.92 Å². The number of carbonyl (C=O) groups is 1. The Hall–Kier alpha value is -3.57. The summed E-state index contributed by atoms with van der Waals surface area (Å²) >= 11 is 6.52. The number of benzene rings is 3. The Balaban J connectivity index is 1.58. The summed E-state index contributed by atoms with van der Waals surface area (Å²) in [5.41, 5.74) is 4.98. The molecule has 0 radical (unpaired) electrons. The van der Waals surface area contributed by atoms with Gasteiger partial charge in [0, 0.05) is 5.56 Å². The number of rotatable bonds is 7. The summed E-state index contributed by atoms with van der Waals surface area (Å²) in [7, 11) is 1.55. The lowest BCUT2D eigenvalue weighted by Crippen LogP contribution is -2.05. The van der Waals surface area contributed by atoms with E-state index < -0.39 is 5.97 Å². The standard InChI is InChI=1S/C28H26ClNO4/c1-17(2)20-9-11-21(12-10-20)27-30-24(28(31)34-27)14-19-13-23(29)26(25(15-19)32-4)33-16-22-8-6-5-7-18(22)3/h5-15,17H,16H2,1-4H3/b24-14-. The number of esters is 1. The van der Waals surface area contributed by atoms with Crippen molar-refractivity contribution in [1.29, 1.82) is 0 Å². The Kier molecular flexibility index (Phi) is 7.03. The normalized spacial score (nSPS) is 14.4. The Morgan fingerprint density at radius 1 is 1.09 bits per heavy atom. The van der Waals surface area contributed by atoms with Crippen LogP contribution in [0.3, 0.4) is 0 Å². The second-order valence-electron chi connectivity index (χ2n) is 8.36. The highest BCUT2D eigenvalue weighted by molar-refractivity contribution is 6.32. The predicted octanol–water partition coefficient (Wildman–Crippen LogP) is 6.70. The molecule has 3 aromatic carbocycles. The molecule has 1 heterocycles. The molecule has 0 saturated heterocycles. The molecule has 1 aliphatic rings. The predicted molar refractivity (Wildman–Crippen MR) is 135 cm³/mol. The Labute approximate surface area is 204 Å². The number of halogens is 1. The molecule has 0 unspecified atom stereocenters. The first-order valence-corrected chi connectivity index (χ1v) is 11.4. The number of aliphatic imine (C=N–C) groups is 1. The van der Waals surface area contributed by atoms with Crippen LogP contribution >= 0.6 is 11.6 Å². The summed E-state index contributed by atoms with van der Waals surface area (Å²) in [5.74, 6) is 1.09. The molecule has 0 fully saturated rings. The third-order valence-corrected chi connectivity index (χ3v) is 5.91.